The Morgan fingerprint density at radius 2 is 2.16 bits per heavy atom. The highest BCUT2D eigenvalue weighted by atomic mass is 19.1. The number of nitrogens with one attached hydrogen (secondary N) is 1. The molecule has 1 aromatic rings. The molecule has 104 valence electrons. The largest absolute Gasteiger partial charge is 0.497 e. The van der Waals surface area contributed by atoms with Crippen molar-refractivity contribution in [1.82, 2.24) is 0 Å². The molecule has 6 nitrogen and oxygen atoms in total. The highest BCUT2D eigenvalue weighted by Crippen LogP contribution is 2.24. The fourth-order valence-corrected chi connectivity index (χ4v) is 1.25. The third kappa shape index (κ3) is 3.12. The van der Waals surface area contributed by atoms with Crippen LogP contribution in [0.4, 0.5) is 10.1 Å². The first-order valence-electron chi connectivity index (χ1n) is 5.46. The van der Waals surface area contributed by atoms with E-state index in [1.54, 1.807) is 0 Å². The van der Waals surface area contributed by atoms with Crippen LogP contribution in [0.5, 0.6) is 5.75 Å². The first kappa shape index (κ1) is 14.7. The van der Waals surface area contributed by atoms with Crippen LogP contribution >= 0.6 is 0 Å². The molecule has 0 saturated carbocycles. The van der Waals surface area contributed by atoms with Gasteiger partial charge in [-0.2, -0.15) is 0 Å². The van der Waals surface area contributed by atoms with Gasteiger partial charge in [0.1, 0.15) is 17.0 Å². The number of oxime groups is 1. The predicted octanol–water partition coefficient (Wildman–Crippen LogP) is 1.55. The van der Waals surface area contributed by atoms with Crippen LogP contribution in [0.15, 0.2) is 23.4 Å². The molecule has 1 aromatic carbocycles. The van der Waals surface area contributed by atoms with E-state index in [1.165, 1.54) is 39.2 Å². The number of ether oxygens (including phenoxy) is 1. The normalized spacial score (nSPS) is 12.1. The van der Waals surface area contributed by atoms with Crippen LogP contribution in [-0.2, 0) is 4.79 Å². The Kier molecular flexibility index (Phi) is 4.31. The molecule has 0 radical (unpaired) electrons. The van der Waals surface area contributed by atoms with Gasteiger partial charge >= 0.3 is 0 Å². The molecule has 4 N–H and O–H groups in total. The van der Waals surface area contributed by atoms with E-state index in [1.807, 2.05) is 0 Å². The van der Waals surface area contributed by atoms with Crippen molar-refractivity contribution in [3.63, 3.8) is 0 Å². The minimum absolute atomic E-state index is 0.0387. The Balaban J connectivity index is 3.00. The lowest BCUT2D eigenvalue weighted by molar-refractivity contribution is -0.121. The number of hydrogen-bond donors (Lipinski definition) is 3. The molecule has 0 fully saturated rings. The van der Waals surface area contributed by atoms with Gasteiger partial charge in [-0.15, -0.1) is 0 Å². The first-order valence-corrected chi connectivity index (χ1v) is 5.46. The van der Waals surface area contributed by atoms with Gasteiger partial charge in [-0.1, -0.05) is 5.16 Å². The Morgan fingerprint density at radius 3 is 2.68 bits per heavy atom. The second-order valence-electron chi connectivity index (χ2n) is 4.41. The van der Waals surface area contributed by atoms with Gasteiger partial charge in [0, 0.05) is 6.07 Å². The monoisotopic (exact) mass is 269 g/mol. The van der Waals surface area contributed by atoms with Crippen molar-refractivity contribution < 1.29 is 19.1 Å². The number of rotatable bonds is 4. The van der Waals surface area contributed by atoms with Crippen LogP contribution in [0.1, 0.15) is 13.8 Å². The van der Waals surface area contributed by atoms with Crippen LogP contribution in [0.25, 0.3) is 0 Å². The molecule has 1 amide bonds. The summed E-state index contributed by atoms with van der Waals surface area (Å²) in [5, 5.41) is 13.8. The smallest absolute Gasteiger partial charge is 0.237 e. The lowest BCUT2D eigenvalue weighted by Gasteiger charge is -2.22. The number of methoxy groups -OCH3 is 1. The molecule has 7 heteroatoms. The molecule has 0 aromatic heterocycles. The van der Waals surface area contributed by atoms with E-state index >= 15 is 0 Å². The van der Waals surface area contributed by atoms with Crippen LogP contribution in [0.2, 0.25) is 0 Å². The Morgan fingerprint density at radius 1 is 1.53 bits per heavy atom. The number of amides is 1. The Hall–Kier alpha value is -2.31. The topological polar surface area (TPSA) is 96.9 Å². The fraction of sp³-hybridized carbons (Fsp3) is 0.333. The summed E-state index contributed by atoms with van der Waals surface area (Å²) in [7, 11) is 1.43. The fourth-order valence-electron chi connectivity index (χ4n) is 1.25. The third-order valence-corrected chi connectivity index (χ3v) is 2.74. The van der Waals surface area contributed by atoms with Gasteiger partial charge < -0.3 is 21.0 Å². The molecule has 0 aliphatic carbocycles. The quantitative estimate of drug-likeness (QED) is 0.334. The van der Waals surface area contributed by atoms with E-state index in [0.29, 0.717) is 5.75 Å². The lowest BCUT2D eigenvalue weighted by atomic mass is 9.91. The van der Waals surface area contributed by atoms with Crippen molar-refractivity contribution in [2.24, 2.45) is 16.3 Å². The number of hydrogen-bond acceptors (Lipinski definition) is 4. The molecule has 19 heavy (non-hydrogen) atoms. The summed E-state index contributed by atoms with van der Waals surface area (Å²) in [5.74, 6) is -1.08. The number of amidine groups is 1. The maximum absolute atomic E-state index is 13.6. The number of carbonyl (C=O) groups excluding carboxylic acids is 1. The maximum Gasteiger partial charge on any atom is 0.237 e. The summed E-state index contributed by atoms with van der Waals surface area (Å²) in [5.41, 5.74) is 4.11. The minimum Gasteiger partial charge on any atom is -0.497 e. The molecule has 0 spiro atoms. The number of nitrogens with two attached hydrogens (primary N) is 1. The van der Waals surface area contributed by atoms with Gasteiger partial charge in [-0.25, -0.2) is 4.39 Å². The Bertz CT molecular complexity index is 515. The van der Waals surface area contributed by atoms with Gasteiger partial charge in [0.2, 0.25) is 5.91 Å². The van der Waals surface area contributed by atoms with Crippen molar-refractivity contribution in [2.75, 3.05) is 12.4 Å². The van der Waals surface area contributed by atoms with E-state index in [-0.39, 0.29) is 11.5 Å². The predicted molar refractivity (Wildman–Crippen MR) is 68.8 cm³/mol. The molecular weight excluding hydrogens is 253 g/mol. The van der Waals surface area contributed by atoms with Gasteiger partial charge in [-0.05, 0) is 26.0 Å². The molecule has 0 heterocycles. The molecule has 0 unspecified atom stereocenters. The zero-order valence-corrected chi connectivity index (χ0v) is 10.9. The number of anilines is 1. The second-order valence-corrected chi connectivity index (χ2v) is 4.41. The van der Waals surface area contributed by atoms with Crippen molar-refractivity contribution in [3.05, 3.63) is 24.0 Å². The highest BCUT2D eigenvalue weighted by molar-refractivity contribution is 6.11. The van der Waals surface area contributed by atoms with Crippen LogP contribution < -0.4 is 15.8 Å². The van der Waals surface area contributed by atoms with E-state index in [9.17, 15) is 9.18 Å². The van der Waals surface area contributed by atoms with Crippen LogP contribution in [0, 0.1) is 11.2 Å². The lowest BCUT2D eigenvalue weighted by Crippen LogP contribution is -2.42. The summed E-state index contributed by atoms with van der Waals surface area (Å²) < 4.78 is 18.5. The number of halogens is 1. The van der Waals surface area contributed by atoms with Crippen LogP contribution in [0.3, 0.4) is 0 Å². The number of benzene rings is 1. The second kappa shape index (κ2) is 5.55. The molecule has 0 saturated heterocycles. The standard InChI is InChI=1S/C12H16FN3O3/c1-12(2,10(14)16-18)11(17)15-9-6-7(19-3)4-5-8(9)13/h4-6,18H,1-3H3,(H2,14,16)(H,15,17). The first-order chi connectivity index (χ1) is 8.82. The van der Waals surface area contributed by atoms with Gasteiger partial charge in [-0.3, -0.25) is 4.79 Å². The molecule has 1 rings (SSSR count). The van der Waals surface area contributed by atoms with Gasteiger partial charge in [0.25, 0.3) is 0 Å². The highest BCUT2D eigenvalue weighted by Gasteiger charge is 2.33. The van der Waals surface area contributed by atoms with Gasteiger partial charge in [0.05, 0.1) is 12.8 Å². The van der Waals surface area contributed by atoms with E-state index < -0.39 is 17.1 Å². The van der Waals surface area contributed by atoms with Crippen LogP contribution in [-0.4, -0.2) is 24.1 Å². The van der Waals surface area contributed by atoms with E-state index in [4.69, 9.17) is 15.7 Å². The maximum atomic E-state index is 13.6. The van der Waals surface area contributed by atoms with E-state index in [0.717, 1.165) is 0 Å². The molecule has 0 bridgehead atoms. The summed E-state index contributed by atoms with van der Waals surface area (Å²) in [4.78, 5) is 12.0. The van der Waals surface area contributed by atoms with Crippen molar-refractivity contribution in [3.8, 4) is 5.75 Å². The third-order valence-electron chi connectivity index (χ3n) is 2.74. The van der Waals surface area contributed by atoms with Gasteiger partial charge in [0.15, 0.2) is 5.84 Å². The SMILES string of the molecule is COc1ccc(F)c(NC(=O)C(C)(C)C(N)=NO)c1. The molecular formula is C12H16FN3O3. The average Bonchev–Trinajstić information content (AvgIpc) is 2.39. The molecule has 0 aliphatic heterocycles. The summed E-state index contributed by atoms with van der Waals surface area (Å²) in [6.45, 7) is 2.91. The van der Waals surface area contributed by atoms with Crippen molar-refractivity contribution in [2.45, 2.75) is 13.8 Å². The molecule has 0 atom stereocenters. The average molecular weight is 269 g/mol. The summed E-state index contributed by atoms with van der Waals surface area (Å²) >= 11 is 0. The number of carbonyl (C=O) groups is 1. The Labute approximate surface area is 110 Å². The van der Waals surface area contributed by atoms with Crippen molar-refractivity contribution in [1.29, 1.82) is 0 Å². The summed E-state index contributed by atoms with van der Waals surface area (Å²) in [6.07, 6.45) is 0. The summed E-state index contributed by atoms with van der Waals surface area (Å²) in [6, 6.07) is 3.94. The van der Waals surface area contributed by atoms with Crippen molar-refractivity contribution >= 4 is 17.4 Å². The van der Waals surface area contributed by atoms with E-state index in [2.05, 4.69) is 10.5 Å². The number of nitrogens with zero attached hydrogens (tertiary/aromatic N) is 1. The minimum atomic E-state index is -1.27. The zero-order valence-electron chi connectivity index (χ0n) is 10.9. The molecule has 0 aliphatic rings. The zero-order chi connectivity index (χ0) is 14.6.